The van der Waals surface area contributed by atoms with Gasteiger partial charge in [0.15, 0.2) is 0 Å². The lowest BCUT2D eigenvalue weighted by molar-refractivity contribution is 0.884. The van der Waals surface area contributed by atoms with Crippen molar-refractivity contribution >= 4 is 22.9 Å². The number of rotatable bonds is 5. The molecule has 30 heavy (non-hydrogen) atoms. The maximum absolute atomic E-state index is 4.80. The topological polar surface area (TPSA) is 55.1 Å². The summed E-state index contributed by atoms with van der Waals surface area (Å²) in [5.74, 6) is 0.696. The van der Waals surface area contributed by atoms with E-state index in [2.05, 4.69) is 15.5 Å². The zero-order valence-corrected chi connectivity index (χ0v) is 16.2. The molecule has 144 valence electrons. The molecule has 1 N–H and O–H groups in total. The number of hydrogen-bond acceptors (Lipinski definition) is 4. The molecule has 5 aromatic rings. The predicted octanol–water partition coefficient (Wildman–Crippen LogP) is 5.53. The first-order chi connectivity index (χ1) is 14.9. The van der Waals surface area contributed by atoms with Crippen LogP contribution in [0.15, 0.2) is 108 Å². The Morgan fingerprint density at radius 3 is 2.33 bits per heavy atom. The summed E-state index contributed by atoms with van der Waals surface area (Å²) < 4.78 is 1.87. The molecule has 0 aliphatic heterocycles. The van der Waals surface area contributed by atoms with Gasteiger partial charge in [-0.1, -0.05) is 66.7 Å². The monoisotopic (exact) mass is 389 g/mol. The largest absolute Gasteiger partial charge is 0.261 e. The molecule has 3 aromatic carbocycles. The summed E-state index contributed by atoms with van der Waals surface area (Å²) in [5, 5.41) is 10.3. The number of nitrogens with zero attached hydrogens (tertiary/aromatic N) is 4. The Morgan fingerprint density at radius 2 is 1.50 bits per heavy atom. The molecule has 0 bridgehead atoms. The lowest BCUT2D eigenvalue weighted by atomic mass is 10.1. The fourth-order valence-electron chi connectivity index (χ4n) is 3.31. The third-order valence-corrected chi connectivity index (χ3v) is 4.79. The van der Waals surface area contributed by atoms with Crippen molar-refractivity contribution < 1.29 is 0 Å². The van der Waals surface area contributed by atoms with Crippen LogP contribution in [-0.4, -0.2) is 21.0 Å². The average molecular weight is 389 g/mol. The Labute approximate surface area is 174 Å². The molecule has 0 spiro atoms. The Kier molecular flexibility index (Phi) is 4.76. The average Bonchev–Trinajstić information content (AvgIpc) is 3.24. The van der Waals surface area contributed by atoms with Crippen molar-refractivity contribution in [3.8, 4) is 16.9 Å². The minimum Gasteiger partial charge on any atom is -0.261 e. The zero-order valence-electron chi connectivity index (χ0n) is 16.2. The number of anilines is 1. The normalized spacial score (nSPS) is 11.2. The van der Waals surface area contributed by atoms with E-state index in [0.717, 1.165) is 33.4 Å². The molecule has 0 saturated carbocycles. The van der Waals surface area contributed by atoms with Crippen LogP contribution in [0.25, 0.3) is 27.8 Å². The molecule has 0 atom stereocenters. The molecule has 0 aliphatic rings. The maximum atomic E-state index is 4.80. The minimum atomic E-state index is 0.696. The van der Waals surface area contributed by atoms with Crippen LogP contribution in [0.5, 0.6) is 0 Å². The second-order valence-electron chi connectivity index (χ2n) is 6.84. The molecule has 0 aliphatic carbocycles. The van der Waals surface area contributed by atoms with E-state index in [1.165, 1.54) is 0 Å². The molecular weight excluding hydrogens is 370 g/mol. The quantitative estimate of drug-likeness (QED) is 0.317. The van der Waals surface area contributed by atoms with Crippen LogP contribution >= 0.6 is 0 Å². The van der Waals surface area contributed by atoms with Gasteiger partial charge in [-0.3, -0.25) is 5.43 Å². The fraction of sp³-hybridized carbons (Fsp3) is 0. The number of benzene rings is 3. The molecule has 0 amide bonds. The van der Waals surface area contributed by atoms with E-state index in [4.69, 9.17) is 5.10 Å². The second kappa shape index (κ2) is 8.01. The number of hydrogen-bond donors (Lipinski definition) is 1. The molecule has 5 rings (SSSR count). The standard InChI is InChI=1S/C25H19N5/c1-3-10-20(11-4-1)25-21(18-30(29-25)22-12-5-2-6-13-22)17-26-28-24-16-15-19-9-7-8-14-23(19)27-24/h1-18H,(H,27,28)/b26-17+. The number of hydrazone groups is 1. The summed E-state index contributed by atoms with van der Waals surface area (Å²) in [6.07, 6.45) is 3.77. The van der Waals surface area contributed by atoms with Crippen LogP contribution in [0.2, 0.25) is 0 Å². The van der Waals surface area contributed by atoms with Crippen molar-refractivity contribution in [3.63, 3.8) is 0 Å². The number of pyridine rings is 1. The van der Waals surface area contributed by atoms with Gasteiger partial charge < -0.3 is 0 Å². The van der Waals surface area contributed by atoms with E-state index >= 15 is 0 Å². The minimum absolute atomic E-state index is 0.696. The van der Waals surface area contributed by atoms with Crippen LogP contribution in [0.3, 0.4) is 0 Å². The van der Waals surface area contributed by atoms with Gasteiger partial charge in [0, 0.05) is 22.7 Å². The smallest absolute Gasteiger partial charge is 0.146 e. The van der Waals surface area contributed by atoms with Crippen LogP contribution < -0.4 is 5.43 Å². The van der Waals surface area contributed by atoms with Gasteiger partial charge in [0.1, 0.15) is 11.5 Å². The highest BCUT2D eigenvalue weighted by Gasteiger charge is 2.10. The van der Waals surface area contributed by atoms with E-state index in [9.17, 15) is 0 Å². The molecule has 5 nitrogen and oxygen atoms in total. The highest BCUT2D eigenvalue weighted by molar-refractivity contribution is 5.89. The summed E-state index contributed by atoms with van der Waals surface area (Å²) in [7, 11) is 0. The van der Waals surface area contributed by atoms with Crippen molar-refractivity contribution in [2.45, 2.75) is 0 Å². The summed E-state index contributed by atoms with van der Waals surface area (Å²) in [6, 6.07) is 32.1. The van der Waals surface area contributed by atoms with Gasteiger partial charge in [-0.25, -0.2) is 9.67 Å². The third-order valence-electron chi connectivity index (χ3n) is 4.79. The van der Waals surface area contributed by atoms with Crippen molar-refractivity contribution in [3.05, 3.63) is 109 Å². The molecule has 0 fully saturated rings. The van der Waals surface area contributed by atoms with Gasteiger partial charge in [0.2, 0.25) is 0 Å². The van der Waals surface area contributed by atoms with Crippen molar-refractivity contribution in [1.29, 1.82) is 0 Å². The fourth-order valence-corrected chi connectivity index (χ4v) is 3.31. The molecule has 0 saturated heterocycles. The number of aromatic nitrogens is 3. The summed E-state index contributed by atoms with van der Waals surface area (Å²) in [5.41, 5.74) is 7.79. The Bertz CT molecular complexity index is 1310. The van der Waals surface area contributed by atoms with Crippen molar-refractivity contribution in [2.24, 2.45) is 5.10 Å². The first kappa shape index (κ1) is 17.8. The molecule has 2 heterocycles. The summed E-state index contributed by atoms with van der Waals surface area (Å²) in [6.45, 7) is 0. The summed E-state index contributed by atoms with van der Waals surface area (Å²) >= 11 is 0. The zero-order chi connectivity index (χ0) is 20.2. The summed E-state index contributed by atoms with van der Waals surface area (Å²) in [4.78, 5) is 4.59. The van der Waals surface area contributed by atoms with Gasteiger partial charge in [-0.15, -0.1) is 0 Å². The Hall–Kier alpha value is -4.25. The van der Waals surface area contributed by atoms with Gasteiger partial charge in [-0.2, -0.15) is 10.2 Å². The first-order valence-corrected chi connectivity index (χ1v) is 9.72. The van der Waals surface area contributed by atoms with Crippen molar-refractivity contribution in [2.75, 3.05) is 5.43 Å². The van der Waals surface area contributed by atoms with E-state index in [1.807, 2.05) is 108 Å². The van der Waals surface area contributed by atoms with Crippen LogP contribution in [0, 0.1) is 0 Å². The van der Waals surface area contributed by atoms with Gasteiger partial charge in [0.05, 0.1) is 17.4 Å². The molecule has 0 unspecified atom stereocenters. The molecular formula is C25H19N5. The molecule has 2 aromatic heterocycles. The van der Waals surface area contributed by atoms with E-state index < -0.39 is 0 Å². The van der Waals surface area contributed by atoms with Crippen LogP contribution in [-0.2, 0) is 0 Å². The Balaban J connectivity index is 1.46. The highest BCUT2D eigenvalue weighted by atomic mass is 15.3. The lowest BCUT2D eigenvalue weighted by Crippen LogP contribution is -1.94. The Morgan fingerprint density at radius 1 is 0.767 bits per heavy atom. The highest BCUT2D eigenvalue weighted by Crippen LogP contribution is 2.22. The SMILES string of the molecule is C(=N\Nc1ccc2ccccc2n1)/c1cn(-c2ccccc2)nc1-c1ccccc1. The van der Waals surface area contributed by atoms with E-state index in [-0.39, 0.29) is 0 Å². The van der Waals surface area contributed by atoms with E-state index in [1.54, 1.807) is 6.21 Å². The predicted molar refractivity (Wildman–Crippen MR) is 122 cm³/mol. The van der Waals surface area contributed by atoms with Gasteiger partial charge >= 0.3 is 0 Å². The van der Waals surface area contributed by atoms with E-state index in [0.29, 0.717) is 5.82 Å². The van der Waals surface area contributed by atoms with Crippen LogP contribution in [0.4, 0.5) is 5.82 Å². The molecule has 0 radical (unpaired) electrons. The first-order valence-electron chi connectivity index (χ1n) is 9.72. The van der Waals surface area contributed by atoms with Gasteiger partial charge in [0.25, 0.3) is 0 Å². The number of nitrogens with one attached hydrogen (secondary N) is 1. The lowest BCUT2D eigenvalue weighted by Gasteiger charge is -2.02. The van der Waals surface area contributed by atoms with Crippen molar-refractivity contribution in [1.82, 2.24) is 14.8 Å². The van der Waals surface area contributed by atoms with Crippen LogP contribution in [0.1, 0.15) is 5.56 Å². The third kappa shape index (κ3) is 3.69. The maximum Gasteiger partial charge on any atom is 0.146 e. The molecule has 5 heteroatoms. The number of para-hydroxylation sites is 2. The second-order valence-corrected chi connectivity index (χ2v) is 6.84. The number of fused-ring (bicyclic) bond motifs is 1. The van der Waals surface area contributed by atoms with Gasteiger partial charge in [-0.05, 0) is 30.3 Å².